The maximum atomic E-state index is 4.86. The topological polar surface area (TPSA) is 24.9 Å². The SMILES string of the molecule is CC(C)CNCc1nc2c(s1)CCCC2(C)C. The highest BCUT2D eigenvalue weighted by atomic mass is 32.1. The standard InChI is InChI=1S/C14H24N2S/c1-10(2)8-15-9-12-16-13-11(17-12)6-5-7-14(13,3)4/h10,15H,5-9H2,1-4H3. The van der Waals surface area contributed by atoms with Gasteiger partial charge >= 0.3 is 0 Å². The Hall–Kier alpha value is -0.410. The molecule has 17 heavy (non-hydrogen) atoms. The maximum absolute atomic E-state index is 4.86. The van der Waals surface area contributed by atoms with E-state index in [0.29, 0.717) is 11.3 Å². The molecule has 0 radical (unpaired) electrons. The van der Waals surface area contributed by atoms with E-state index in [2.05, 4.69) is 33.0 Å². The predicted molar refractivity (Wildman–Crippen MR) is 74.6 cm³/mol. The number of nitrogens with one attached hydrogen (secondary N) is 1. The Morgan fingerprint density at radius 3 is 2.82 bits per heavy atom. The summed E-state index contributed by atoms with van der Waals surface area (Å²) < 4.78 is 0. The highest BCUT2D eigenvalue weighted by Crippen LogP contribution is 2.38. The number of rotatable bonds is 4. The molecule has 1 aromatic rings. The van der Waals surface area contributed by atoms with Crippen molar-refractivity contribution >= 4 is 11.3 Å². The third kappa shape index (κ3) is 3.08. The number of nitrogens with zero attached hydrogens (tertiary/aromatic N) is 1. The van der Waals surface area contributed by atoms with Crippen LogP contribution in [-0.2, 0) is 18.4 Å². The quantitative estimate of drug-likeness (QED) is 0.887. The van der Waals surface area contributed by atoms with Crippen LogP contribution in [0.3, 0.4) is 0 Å². The van der Waals surface area contributed by atoms with Gasteiger partial charge in [-0.05, 0) is 31.7 Å². The number of aryl methyl sites for hydroxylation is 1. The van der Waals surface area contributed by atoms with Crippen molar-refractivity contribution < 1.29 is 0 Å². The zero-order chi connectivity index (χ0) is 12.5. The van der Waals surface area contributed by atoms with Gasteiger partial charge in [-0.2, -0.15) is 0 Å². The molecule has 0 aliphatic heterocycles. The number of fused-ring (bicyclic) bond motifs is 1. The lowest BCUT2D eigenvalue weighted by molar-refractivity contribution is 0.423. The van der Waals surface area contributed by atoms with E-state index < -0.39 is 0 Å². The van der Waals surface area contributed by atoms with E-state index in [9.17, 15) is 0 Å². The first-order valence-electron chi connectivity index (χ1n) is 6.69. The van der Waals surface area contributed by atoms with E-state index in [1.807, 2.05) is 11.3 Å². The van der Waals surface area contributed by atoms with Gasteiger partial charge in [-0.15, -0.1) is 11.3 Å². The van der Waals surface area contributed by atoms with Crippen molar-refractivity contribution in [2.75, 3.05) is 6.54 Å². The Morgan fingerprint density at radius 2 is 2.18 bits per heavy atom. The summed E-state index contributed by atoms with van der Waals surface area (Å²) in [5, 5.41) is 4.75. The molecule has 2 nitrogen and oxygen atoms in total. The van der Waals surface area contributed by atoms with Crippen molar-refractivity contribution in [1.29, 1.82) is 0 Å². The molecule has 1 heterocycles. The highest BCUT2D eigenvalue weighted by Gasteiger charge is 2.30. The minimum absolute atomic E-state index is 0.292. The van der Waals surface area contributed by atoms with Crippen LogP contribution in [0.15, 0.2) is 0 Å². The first-order chi connectivity index (χ1) is 7.99. The van der Waals surface area contributed by atoms with Gasteiger partial charge in [0, 0.05) is 16.8 Å². The lowest BCUT2D eigenvalue weighted by atomic mass is 9.79. The maximum Gasteiger partial charge on any atom is 0.107 e. The van der Waals surface area contributed by atoms with Crippen molar-refractivity contribution in [2.45, 2.75) is 58.9 Å². The fraction of sp³-hybridized carbons (Fsp3) is 0.786. The van der Waals surface area contributed by atoms with Crippen LogP contribution in [0.4, 0.5) is 0 Å². The third-order valence-corrected chi connectivity index (χ3v) is 4.53. The van der Waals surface area contributed by atoms with Crippen molar-refractivity contribution in [3.63, 3.8) is 0 Å². The predicted octanol–water partition coefficient (Wildman–Crippen LogP) is 3.50. The highest BCUT2D eigenvalue weighted by molar-refractivity contribution is 7.11. The molecule has 0 spiro atoms. The summed E-state index contributed by atoms with van der Waals surface area (Å²) in [5.41, 5.74) is 1.66. The zero-order valence-corrected chi connectivity index (χ0v) is 12.3. The molecular formula is C14H24N2S. The second-order valence-electron chi connectivity index (χ2n) is 6.14. The Balaban J connectivity index is 2.04. The molecule has 0 amide bonds. The molecule has 96 valence electrons. The van der Waals surface area contributed by atoms with Crippen LogP contribution in [0.1, 0.15) is 56.1 Å². The van der Waals surface area contributed by atoms with E-state index in [1.54, 1.807) is 0 Å². The normalized spacial score (nSPS) is 18.4. The van der Waals surface area contributed by atoms with Gasteiger partial charge < -0.3 is 5.32 Å². The van der Waals surface area contributed by atoms with Crippen LogP contribution < -0.4 is 5.32 Å². The lowest BCUT2D eigenvalue weighted by Gasteiger charge is -2.28. The van der Waals surface area contributed by atoms with E-state index in [1.165, 1.54) is 34.8 Å². The summed E-state index contributed by atoms with van der Waals surface area (Å²) >= 11 is 1.92. The minimum Gasteiger partial charge on any atom is -0.310 e. The molecule has 0 unspecified atom stereocenters. The van der Waals surface area contributed by atoms with E-state index in [0.717, 1.165) is 13.1 Å². The third-order valence-electron chi connectivity index (χ3n) is 3.42. The summed E-state index contributed by atoms with van der Waals surface area (Å²) in [6, 6.07) is 0. The van der Waals surface area contributed by atoms with Gasteiger partial charge in [0.2, 0.25) is 0 Å². The average molecular weight is 252 g/mol. The number of hydrogen-bond donors (Lipinski definition) is 1. The fourth-order valence-corrected chi connectivity index (χ4v) is 3.71. The molecular weight excluding hydrogens is 228 g/mol. The van der Waals surface area contributed by atoms with Crippen molar-refractivity contribution in [2.24, 2.45) is 5.92 Å². The van der Waals surface area contributed by atoms with Gasteiger partial charge in [-0.25, -0.2) is 4.98 Å². The summed E-state index contributed by atoms with van der Waals surface area (Å²) in [6.07, 6.45) is 3.84. The molecule has 0 atom stereocenters. The van der Waals surface area contributed by atoms with Crippen molar-refractivity contribution in [3.8, 4) is 0 Å². The Bertz CT molecular complexity index is 380. The largest absolute Gasteiger partial charge is 0.310 e. The average Bonchev–Trinajstić information content (AvgIpc) is 2.61. The molecule has 3 heteroatoms. The molecule has 1 N–H and O–H groups in total. The monoisotopic (exact) mass is 252 g/mol. The first kappa shape index (κ1) is 13.0. The number of thiazole rings is 1. The zero-order valence-electron chi connectivity index (χ0n) is 11.5. The lowest BCUT2D eigenvalue weighted by Crippen LogP contribution is -2.23. The molecule has 1 aromatic heterocycles. The van der Waals surface area contributed by atoms with Crippen LogP contribution >= 0.6 is 11.3 Å². The summed E-state index contributed by atoms with van der Waals surface area (Å²) in [7, 11) is 0. The van der Waals surface area contributed by atoms with Gasteiger partial charge in [0.25, 0.3) is 0 Å². The second kappa shape index (κ2) is 5.07. The smallest absolute Gasteiger partial charge is 0.107 e. The first-order valence-corrected chi connectivity index (χ1v) is 7.50. The van der Waals surface area contributed by atoms with E-state index >= 15 is 0 Å². The van der Waals surface area contributed by atoms with Gasteiger partial charge in [-0.1, -0.05) is 27.7 Å². The van der Waals surface area contributed by atoms with Gasteiger partial charge in [-0.3, -0.25) is 0 Å². The van der Waals surface area contributed by atoms with Crippen LogP contribution in [0.25, 0.3) is 0 Å². The van der Waals surface area contributed by atoms with Gasteiger partial charge in [0.05, 0.1) is 5.69 Å². The molecule has 0 saturated carbocycles. The Labute approximate surface area is 109 Å². The van der Waals surface area contributed by atoms with Gasteiger partial charge in [0.15, 0.2) is 0 Å². The van der Waals surface area contributed by atoms with Crippen LogP contribution in [0.5, 0.6) is 0 Å². The molecule has 1 aliphatic carbocycles. The molecule has 1 aliphatic rings. The summed E-state index contributed by atoms with van der Waals surface area (Å²) in [6.45, 7) is 11.2. The molecule has 0 aromatic carbocycles. The van der Waals surface area contributed by atoms with E-state index in [4.69, 9.17) is 4.98 Å². The van der Waals surface area contributed by atoms with Crippen molar-refractivity contribution in [3.05, 3.63) is 15.6 Å². The second-order valence-corrected chi connectivity index (χ2v) is 7.31. The Morgan fingerprint density at radius 1 is 1.41 bits per heavy atom. The molecule has 0 bridgehead atoms. The van der Waals surface area contributed by atoms with E-state index in [-0.39, 0.29) is 0 Å². The van der Waals surface area contributed by atoms with Crippen LogP contribution in [0.2, 0.25) is 0 Å². The Kier molecular flexibility index (Phi) is 3.88. The molecule has 2 rings (SSSR count). The summed E-state index contributed by atoms with van der Waals surface area (Å²) in [4.78, 5) is 6.39. The number of aromatic nitrogens is 1. The van der Waals surface area contributed by atoms with Crippen LogP contribution in [-0.4, -0.2) is 11.5 Å². The minimum atomic E-state index is 0.292. The number of hydrogen-bond acceptors (Lipinski definition) is 3. The van der Waals surface area contributed by atoms with Crippen LogP contribution in [0, 0.1) is 5.92 Å². The van der Waals surface area contributed by atoms with Crippen molar-refractivity contribution in [1.82, 2.24) is 10.3 Å². The van der Waals surface area contributed by atoms with Gasteiger partial charge in [0.1, 0.15) is 5.01 Å². The summed E-state index contributed by atoms with van der Waals surface area (Å²) in [5.74, 6) is 0.709. The fourth-order valence-electron chi connectivity index (χ4n) is 2.45. The molecule has 0 saturated heterocycles. The molecule has 0 fully saturated rings.